The molecule has 2 rings (SSSR count). The minimum absolute atomic E-state index is 0.0686. The zero-order valence-electron chi connectivity index (χ0n) is 11.7. The average Bonchev–Trinajstić information content (AvgIpc) is 2.85. The Hall–Kier alpha value is -1.88. The highest BCUT2D eigenvalue weighted by molar-refractivity contribution is 5.88. The standard InChI is InChI=1S/C15H21N3O2/c1-11(19)18-13-6-4-12(5-7-13)10-17-14(20)15(16)8-2-3-9-15/h4-7H,2-3,8-10,16H2,1H3,(H,17,20)(H,18,19). The second-order valence-corrected chi connectivity index (χ2v) is 5.42. The summed E-state index contributed by atoms with van der Waals surface area (Å²) in [7, 11) is 0. The fourth-order valence-electron chi connectivity index (χ4n) is 2.50. The molecule has 0 atom stereocenters. The van der Waals surface area contributed by atoms with Crippen LogP contribution in [-0.2, 0) is 16.1 Å². The number of hydrogen-bond donors (Lipinski definition) is 3. The fraction of sp³-hybridized carbons (Fsp3) is 0.467. The maximum Gasteiger partial charge on any atom is 0.240 e. The van der Waals surface area contributed by atoms with E-state index in [1.165, 1.54) is 6.92 Å². The Bertz CT molecular complexity index is 490. The van der Waals surface area contributed by atoms with E-state index < -0.39 is 5.54 Å². The molecular formula is C15H21N3O2. The first-order chi connectivity index (χ1) is 9.49. The minimum Gasteiger partial charge on any atom is -0.350 e. The maximum atomic E-state index is 12.1. The van der Waals surface area contributed by atoms with Crippen molar-refractivity contribution in [2.45, 2.75) is 44.7 Å². The summed E-state index contributed by atoms with van der Waals surface area (Å²) >= 11 is 0. The molecule has 2 amide bonds. The summed E-state index contributed by atoms with van der Waals surface area (Å²) in [6.45, 7) is 1.93. The number of benzene rings is 1. The number of hydrogen-bond acceptors (Lipinski definition) is 3. The van der Waals surface area contributed by atoms with Gasteiger partial charge in [0.25, 0.3) is 0 Å². The largest absolute Gasteiger partial charge is 0.350 e. The Morgan fingerprint density at radius 3 is 2.35 bits per heavy atom. The molecule has 4 N–H and O–H groups in total. The van der Waals surface area contributed by atoms with Crippen molar-refractivity contribution in [1.82, 2.24) is 5.32 Å². The molecule has 20 heavy (non-hydrogen) atoms. The summed E-state index contributed by atoms with van der Waals surface area (Å²) in [4.78, 5) is 23.0. The maximum absolute atomic E-state index is 12.1. The Kier molecular flexibility index (Phi) is 4.39. The lowest BCUT2D eigenvalue weighted by atomic mass is 9.98. The Balaban J connectivity index is 1.87. The van der Waals surface area contributed by atoms with Gasteiger partial charge in [-0.2, -0.15) is 0 Å². The quantitative estimate of drug-likeness (QED) is 0.779. The molecule has 0 aliphatic heterocycles. The molecule has 0 unspecified atom stereocenters. The molecule has 0 bridgehead atoms. The van der Waals surface area contributed by atoms with Crippen molar-refractivity contribution in [2.75, 3.05) is 5.32 Å². The minimum atomic E-state index is -0.684. The van der Waals surface area contributed by atoms with Gasteiger partial charge in [-0.1, -0.05) is 25.0 Å². The van der Waals surface area contributed by atoms with Crippen LogP contribution in [0.5, 0.6) is 0 Å². The van der Waals surface area contributed by atoms with Crippen LogP contribution < -0.4 is 16.4 Å². The van der Waals surface area contributed by atoms with E-state index in [0.717, 1.165) is 36.9 Å². The molecule has 108 valence electrons. The molecule has 5 heteroatoms. The van der Waals surface area contributed by atoms with E-state index in [9.17, 15) is 9.59 Å². The van der Waals surface area contributed by atoms with E-state index in [4.69, 9.17) is 5.73 Å². The lowest BCUT2D eigenvalue weighted by molar-refractivity contribution is -0.126. The van der Waals surface area contributed by atoms with E-state index in [1.807, 2.05) is 24.3 Å². The molecule has 1 fully saturated rings. The third-order valence-electron chi connectivity index (χ3n) is 3.68. The van der Waals surface area contributed by atoms with Crippen LogP contribution in [0.1, 0.15) is 38.2 Å². The van der Waals surface area contributed by atoms with Gasteiger partial charge in [0, 0.05) is 19.2 Å². The highest BCUT2D eigenvalue weighted by Gasteiger charge is 2.36. The molecular weight excluding hydrogens is 254 g/mol. The highest BCUT2D eigenvalue weighted by Crippen LogP contribution is 2.27. The SMILES string of the molecule is CC(=O)Nc1ccc(CNC(=O)C2(N)CCCC2)cc1. The molecule has 1 aromatic rings. The molecule has 1 saturated carbocycles. The van der Waals surface area contributed by atoms with Crippen LogP contribution >= 0.6 is 0 Å². The number of nitrogens with one attached hydrogen (secondary N) is 2. The van der Waals surface area contributed by atoms with Gasteiger partial charge in [-0.3, -0.25) is 9.59 Å². The Labute approximate surface area is 118 Å². The number of rotatable bonds is 4. The van der Waals surface area contributed by atoms with Crippen molar-refractivity contribution in [3.8, 4) is 0 Å². The lowest BCUT2D eigenvalue weighted by Crippen LogP contribution is -2.51. The van der Waals surface area contributed by atoms with Crippen molar-refractivity contribution in [3.63, 3.8) is 0 Å². The van der Waals surface area contributed by atoms with Gasteiger partial charge in [-0.15, -0.1) is 0 Å². The van der Waals surface area contributed by atoms with Crippen LogP contribution in [0.15, 0.2) is 24.3 Å². The topological polar surface area (TPSA) is 84.2 Å². The molecule has 0 saturated heterocycles. The van der Waals surface area contributed by atoms with E-state index in [2.05, 4.69) is 10.6 Å². The van der Waals surface area contributed by atoms with Gasteiger partial charge >= 0.3 is 0 Å². The van der Waals surface area contributed by atoms with Crippen molar-refractivity contribution >= 4 is 17.5 Å². The van der Waals surface area contributed by atoms with Gasteiger partial charge in [0.15, 0.2) is 0 Å². The van der Waals surface area contributed by atoms with Crippen LogP contribution in [0.25, 0.3) is 0 Å². The summed E-state index contributed by atoms with van der Waals surface area (Å²) in [5.74, 6) is -0.168. The summed E-state index contributed by atoms with van der Waals surface area (Å²) in [5.41, 5.74) is 7.13. The predicted molar refractivity (Wildman–Crippen MR) is 78.0 cm³/mol. The summed E-state index contributed by atoms with van der Waals surface area (Å²) in [6, 6.07) is 7.39. The van der Waals surface area contributed by atoms with Crippen LogP contribution in [0.3, 0.4) is 0 Å². The second-order valence-electron chi connectivity index (χ2n) is 5.42. The Morgan fingerprint density at radius 1 is 1.20 bits per heavy atom. The van der Waals surface area contributed by atoms with E-state index in [1.54, 1.807) is 0 Å². The first-order valence-electron chi connectivity index (χ1n) is 6.93. The predicted octanol–water partition coefficient (Wildman–Crippen LogP) is 1.53. The van der Waals surface area contributed by atoms with Crippen molar-refractivity contribution in [3.05, 3.63) is 29.8 Å². The Morgan fingerprint density at radius 2 is 1.80 bits per heavy atom. The van der Waals surface area contributed by atoms with Crippen LogP contribution in [0.4, 0.5) is 5.69 Å². The van der Waals surface area contributed by atoms with Crippen molar-refractivity contribution < 1.29 is 9.59 Å². The van der Waals surface area contributed by atoms with Gasteiger partial charge in [0.05, 0.1) is 5.54 Å². The van der Waals surface area contributed by atoms with Gasteiger partial charge in [-0.25, -0.2) is 0 Å². The number of anilines is 1. The van der Waals surface area contributed by atoms with Crippen LogP contribution in [0.2, 0.25) is 0 Å². The number of carbonyl (C=O) groups is 2. The number of carbonyl (C=O) groups excluding carboxylic acids is 2. The van der Waals surface area contributed by atoms with Crippen LogP contribution in [0, 0.1) is 0 Å². The molecule has 0 radical (unpaired) electrons. The first-order valence-corrected chi connectivity index (χ1v) is 6.93. The highest BCUT2D eigenvalue weighted by atomic mass is 16.2. The van der Waals surface area contributed by atoms with E-state index in [0.29, 0.717) is 6.54 Å². The van der Waals surface area contributed by atoms with Gasteiger partial charge in [-0.05, 0) is 30.5 Å². The van der Waals surface area contributed by atoms with Crippen LogP contribution in [-0.4, -0.2) is 17.4 Å². The third-order valence-corrected chi connectivity index (χ3v) is 3.68. The molecule has 0 aromatic heterocycles. The summed E-state index contributed by atoms with van der Waals surface area (Å²) in [5, 5.41) is 5.59. The molecule has 1 aliphatic rings. The van der Waals surface area contributed by atoms with E-state index >= 15 is 0 Å². The second kappa shape index (κ2) is 6.05. The lowest BCUT2D eigenvalue weighted by Gasteiger charge is -2.22. The summed E-state index contributed by atoms with van der Waals surface area (Å²) in [6.07, 6.45) is 3.57. The first kappa shape index (κ1) is 14.5. The number of nitrogens with two attached hydrogens (primary N) is 1. The monoisotopic (exact) mass is 275 g/mol. The molecule has 0 spiro atoms. The zero-order chi connectivity index (χ0) is 14.6. The number of amides is 2. The normalized spacial score (nSPS) is 16.7. The van der Waals surface area contributed by atoms with Crippen molar-refractivity contribution in [2.24, 2.45) is 5.73 Å². The fourth-order valence-corrected chi connectivity index (χ4v) is 2.50. The van der Waals surface area contributed by atoms with Gasteiger partial charge in [0.2, 0.25) is 11.8 Å². The van der Waals surface area contributed by atoms with Crippen molar-refractivity contribution in [1.29, 1.82) is 0 Å². The molecule has 5 nitrogen and oxygen atoms in total. The third kappa shape index (κ3) is 3.57. The molecule has 1 aromatic carbocycles. The smallest absolute Gasteiger partial charge is 0.240 e. The summed E-state index contributed by atoms with van der Waals surface area (Å²) < 4.78 is 0. The molecule has 1 aliphatic carbocycles. The van der Waals surface area contributed by atoms with Gasteiger partial charge in [0.1, 0.15) is 0 Å². The van der Waals surface area contributed by atoms with E-state index in [-0.39, 0.29) is 11.8 Å². The zero-order valence-corrected chi connectivity index (χ0v) is 11.7. The van der Waals surface area contributed by atoms with Gasteiger partial charge < -0.3 is 16.4 Å². The molecule has 0 heterocycles. The average molecular weight is 275 g/mol.